The molecular formula is C19H28ClNO. The number of halogens is 1. The molecule has 1 saturated carbocycles. The minimum absolute atomic E-state index is 0.446. The third-order valence-electron chi connectivity index (χ3n) is 5.82. The van der Waals surface area contributed by atoms with Crippen molar-refractivity contribution >= 4 is 11.6 Å². The third-order valence-corrected chi connectivity index (χ3v) is 6.06. The fourth-order valence-electron chi connectivity index (χ4n) is 4.38. The molecule has 1 aromatic rings. The Balaban J connectivity index is 1.68. The number of methoxy groups -OCH3 is 1. The van der Waals surface area contributed by atoms with Crippen LogP contribution in [0.25, 0.3) is 0 Å². The van der Waals surface area contributed by atoms with Gasteiger partial charge in [0.2, 0.25) is 0 Å². The average Bonchev–Trinajstić information content (AvgIpc) is 2.56. The van der Waals surface area contributed by atoms with E-state index in [-0.39, 0.29) is 0 Å². The number of hydrogen-bond donors (Lipinski definition) is 0. The second-order valence-corrected chi connectivity index (χ2v) is 7.64. The highest BCUT2D eigenvalue weighted by atomic mass is 35.5. The Kier molecular flexibility index (Phi) is 4.99. The predicted octanol–water partition coefficient (Wildman–Crippen LogP) is 5.25. The molecule has 1 aliphatic carbocycles. The summed E-state index contributed by atoms with van der Waals surface area (Å²) < 4.78 is 5.54. The summed E-state index contributed by atoms with van der Waals surface area (Å²) in [6, 6.07) is 6.03. The van der Waals surface area contributed by atoms with Crippen LogP contribution in [0.1, 0.15) is 63.4 Å². The summed E-state index contributed by atoms with van der Waals surface area (Å²) in [4.78, 5) is 2.75. The molecule has 3 heteroatoms. The minimum atomic E-state index is 0.446. The quantitative estimate of drug-likeness (QED) is 0.753. The minimum Gasteiger partial charge on any atom is -0.496 e. The van der Waals surface area contributed by atoms with Crippen LogP contribution in [0, 0.1) is 0 Å². The van der Waals surface area contributed by atoms with Gasteiger partial charge in [-0.05, 0) is 75.4 Å². The van der Waals surface area contributed by atoms with Crippen molar-refractivity contribution in [3.05, 3.63) is 28.8 Å². The van der Waals surface area contributed by atoms with E-state index >= 15 is 0 Å². The molecular weight excluding hydrogens is 294 g/mol. The van der Waals surface area contributed by atoms with Gasteiger partial charge in [-0.2, -0.15) is 0 Å². The van der Waals surface area contributed by atoms with Crippen LogP contribution < -0.4 is 4.74 Å². The van der Waals surface area contributed by atoms with Gasteiger partial charge >= 0.3 is 0 Å². The van der Waals surface area contributed by atoms with Crippen molar-refractivity contribution in [3.8, 4) is 5.75 Å². The molecule has 3 rings (SSSR count). The number of hydrogen-bond acceptors (Lipinski definition) is 2. The van der Waals surface area contributed by atoms with Crippen LogP contribution in [0.4, 0.5) is 0 Å². The number of piperidine rings is 1. The molecule has 0 aromatic heterocycles. The van der Waals surface area contributed by atoms with Gasteiger partial charge in [0.1, 0.15) is 5.75 Å². The smallest absolute Gasteiger partial charge is 0.122 e. The van der Waals surface area contributed by atoms with Crippen molar-refractivity contribution in [1.82, 2.24) is 4.90 Å². The normalized spacial score (nSPS) is 23.4. The zero-order chi connectivity index (χ0) is 15.6. The fraction of sp³-hybridized carbons (Fsp3) is 0.684. The van der Waals surface area contributed by atoms with Crippen LogP contribution in [-0.2, 0) is 0 Å². The average molecular weight is 322 g/mol. The molecule has 2 fully saturated rings. The maximum Gasteiger partial charge on any atom is 0.122 e. The van der Waals surface area contributed by atoms with Gasteiger partial charge in [0.05, 0.1) is 7.11 Å². The molecule has 1 heterocycles. The van der Waals surface area contributed by atoms with Gasteiger partial charge in [-0.15, -0.1) is 0 Å². The maximum atomic E-state index is 6.20. The highest BCUT2D eigenvalue weighted by Crippen LogP contribution is 2.40. The molecule has 0 unspecified atom stereocenters. The highest BCUT2D eigenvalue weighted by Gasteiger charge is 2.36. The van der Waals surface area contributed by atoms with E-state index in [0.29, 0.717) is 11.5 Å². The number of nitrogens with zero attached hydrogens (tertiary/aromatic N) is 1. The zero-order valence-corrected chi connectivity index (χ0v) is 14.7. The van der Waals surface area contributed by atoms with E-state index in [9.17, 15) is 0 Å². The molecule has 1 aromatic carbocycles. The Hall–Kier alpha value is -0.730. The van der Waals surface area contributed by atoms with Crippen LogP contribution in [0.15, 0.2) is 18.2 Å². The van der Waals surface area contributed by atoms with Crippen molar-refractivity contribution in [2.24, 2.45) is 0 Å². The van der Waals surface area contributed by atoms with Crippen LogP contribution in [0.3, 0.4) is 0 Å². The van der Waals surface area contributed by atoms with Crippen molar-refractivity contribution in [3.63, 3.8) is 0 Å². The van der Waals surface area contributed by atoms with E-state index in [4.69, 9.17) is 16.3 Å². The topological polar surface area (TPSA) is 12.5 Å². The van der Waals surface area contributed by atoms with Crippen LogP contribution in [0.2, 0.25) is 5.02 Å². The number of ether oxygens (including phenoxy) is 1. The maximum absolute atomic E-state index is 6.20. The first-order valence-corrected chi connectivity index (χ1v) is 9.09. The Bertz CT molecular complexity index is 502. The van der Waals surface area contributed by atoms with Crippen LogP contribution in [-0.4, -0.2) is 30.6 Å². The Labute approximate surface area is 139 Å². The van der Waals surface area contributed by atoms with Crippen molar-refractivity contribution in [2.75, 3.05) is 20.2 Å². The van der Waals surface area contributed by atoms with Gasteiger partial charge in [0.25, 0.3) is 0 Å². The summed E-state index contributed by atoms with van der Waals surface area (Å²) in [6.45, 7) is 4.89. The Morgan fingerprint density at radius 2 is 1.82 bits per heavy atom. The van der Waals surface area contributed by atoms with E-state index in [1.807, 2.05) is 12.1 Å². The lowest BCUT2D eigenvalue weighted by atomic mass is 9.79. The van der Waals surface area contributed by atoms with E-state index in [1.54, 1.807) is 7.11 Å². The van der Waals surface area contributed by atoms with Gasteiger partial charge in [0, 0.05) is 10.6 Å². The third kappa shape index (κ3) is 3.28. The molecule has 1 saturated heterocycles. The molecule has 122 valence electrons. The van der Waals surface area contributed by atoms with Gasteiger partial charge in [0.15, 0.2) is 0 Å². The van der Waals surface area contributed by atoms with E-state index in [2.05, 4.69) is 17.9 Å². The SMILES string of the molecule is COc1ccc(Cl)cc1C1CCN(C2(C)CCCCC2)CC1. The zero-order valence-electron chi connectivity index (χ0n) is 13.9. The van der Waals surface area contributed by atoms with Crippen molar-refractivity contribution in [1.29, 1.82) is 0 Å². The largest absolute Gasteiger partial charge is 0.496 e. The van der Waals surface area contributed by atoms with Crippen LogP contribution >= 0.6 is 11.6 Å². The van der Waals surface area contributed by atoms with Gasteiger partial charge in [-0.25, -0.2) is 0 Å². The standard InChI is InChI=1S/C19H28ClNO/c1-19(10-4-3-5-11-19)21-12-8-15(9-13-21)17-14-16(20)6-7-18(17)22-2/h6-7,14-15H,3-5,8-13H2,1-2H3. The van der Waals surface area contributed by atoms with Crippen LogP contribution in [0.5, 0.6) is 5.75 Å². The predicted molar refractivity (Wildman–Crippen MR) is 93.0 cm³/mol. The first-order chi connectivity index (χ1) is 10.6. The second kappa shape index (κ2) is 6.80. The van der Waals surface area contributed by atoms with Crippen molar-refractivity contribution < 1.29 is 4.74 Å². The number of benzene rings is 1. The molecule has 2 nitrogen and oxygen atoms in total. The van der Waals surface area contributed by atoms with Crippen molar-refractivity contribution in [2.45, 2.75) is 63.3 Å². The molecule has 0 atom stereocenters. The lowest BCUT2D eigenvalue weighted by molar-refractivity contribution is 0.0431. The van der Waals surface area contributed by atoms with Gasteiger partial charge in [-0.1, -0.05) is 30.9 Å². The molecule has 2 aliphatic rings. The molecule has 22 heavy (non-hydrogen) atoms. The number of rotatable bonds is 3. The summed E-state index contributed by atoms with van der Waals surface area (Å²) in [5, 5.41) is 0.817. The van der Waals surface area contributed by atoms with E-state index in [0.717, 1.165) is 10.8 Å². The first-order valence-electron chi connectivity index (χ1n) is 8.71. The summed E-state index contributed by atoms with van der Waals surface area (Å²) >= 11 is 6.20. The molecule has 0 N–H and O–H groups in total. The lowest BCUT2D eigenvalue weighted by Gasteiger charge is -2.47. The van der Waals surface area contributed by atoms with Gasteiger partial charge in [-0.3, -0.25) is 4.90 Å². The van der Waals surface area contributed by atoms with E-state index < -0.39 is 0 Å². The first kappa shape index (κ1) is 16.1. The summed E-state index contributed by atoms with van der Waals surface area (Å²) in [7, 11) is 1.75. The second-order valence-electron chi connectivity index (χ2n) is 7.21. The monoisotopic (exact) mass is 321 g/mol. The summed E-state index contributed by atoms with van der Waals surface area (Å²) in [6.07, 6.45) is 9.40. The molecule has 1 aliphatic heterocycles. The highest BCUT2D eigenvalue weighted by molar-refractivity contribution is 6.30. The Morgan fingerprint density at radius 3 is 2.45 bits per heavy atom. The molecule has 0 radical (unpaired) electrons. The van der Waals surface area contributed by atoms with E-state index in [1.165, 1.54) is 63.6 Å². The van der Waals surface area contributed by atoms with Gasteiger partial charge < -0.3 is 4.74 Å². The molecule has 0 bridgehead atoms. The Morgan fingerprint density at radius 1 is 1.14 bits per heavy atom. The molecule has 0 amide bonds. The lowest BCUT2D eigenvalue weighted by Crippen LogP contribution is -2.50. The summed E-state index contributed by atoms with van der Waals surface area (Å²) in [5.74, 6) is 1.57. The number of likely N-dealkylation sites (tertiary alicyclic amines) is 1. The summed E-state index contributed by atoms with van der Waals surface area (Å²) in [5.41, 5.74) is 1.74. The molecule has 0 spiro atoms. The fourth-order valence-corrected chi connectivity index (χ4v) is 4.56.